The molecule has 0 saturated heterocycles. The van der Waals surface area contributed by atoms with E-state index in [0.29, 0.717) is 36.5 Å². The van der Waals surface area contributed by atoms with Crippen LogP contribution in [0.3, 0.4) is 0 Å². The zero-order chi connectivity index (χ0) is 25.2. The number of alkyl halides is 3. The molecule has 0 bridgehead atoms. The summed E-state index contributed by atoms with van der Waals surface area (Å²) in [5, 5.41) is 4.24. The van der Waals surface area contributed by atoms with Crippen LogP contribution in [-0.4, -0.2) is 35.2 Å². The number of fused-ring (bicyclic) bond motifs is 1. The van der Waals surface area contributed by atoms with Crippen molar-refractivity contribution < 1.29 is 17.9 Å². The van der Waals surface area contributed by atoms with Gasteiger partial charge in [-0.1, -0.05) is 18.8 Å². The van der Waals surface area contributed by atoms with Gasteiger partial charge in [0.2, 0.25) is 0 Å². The van der Waals surface area contributed by atoms with Crippen LogP contribution >= 0.6 is 0 Å². The molecule has 0 unspecified atom stereocenters. The van der Waals surface area contributed by atoms with Crippen LogP contribution in [0, 0.1) is 11.8 Å². The fourth-order valence-corrected chi connectivity index (χ4v) is 3.54. The minimum Gasteiger partial charge on any atom is -0.406 e. The van der Waals surface area contributed by atoms with Gasteiger partial charge in [-0.05, 0) is 37.6 Å². The number of halogens is 3. The molecule has 0 saturated carbocycles. The fourth-order valence-electron chi connectivity index (χ4n) is 3.54. The van der Waals surface area contributed by atoms with Crippen LogP contribution in [0.25, 0.3) is 22.6 Å². The van der Waals surface area contributed by atoms with Crippen LogP contribution in [0.5, 0.6) is 5.75 Å². The lowest BCUT2D eigenvalue weighted by atomic mass is 10.2. The van der Waals surface area contributed by atoms with Crippen molar-refractivity contribution in [3.05, 3.63) is 63.1 Å². The second kappa shape index (κ2) is 9.54. The number of rotatable bonds is 6. The van der Waals surface area contributed by atoms with Gasteiger partial charge < -0.3 is 9.72 Å². The molecule has 3 aromatic heterocycles. The van der Waals surface area contributed by atoms with Crippen molar-refractivity contribution in [1.29, 1.82) is 0 Å². The molecule has 0 atom stereocenters. The summed E-state index contributed by atoms with van der Waals surface area (Å²) in [5.74, 6) is 5.82. The highest BCUT2D eigenvalue weighted by Crippen LogP contribution is 2.22. The van der Waals surface area contributed by atoms with Gasteiger partial charge in [0.05, 0.1) is 11.8 Å². The first-order valence-corrected chi connectivity index (χ1v) is 10.8. The Balaban J connectivity index is 1.54. The molecule has 0 aliphatic carbocycles. The maximum Gasteiger partial charge on any atom is 0.573 e. The largest absolute Gasteiger partial charge is 0.573 e. The molecule has 0 radical (unpaired) electrons. The van der Waals surface area contributed by atoms with Crippen molar-refractivity contribution in [2.24, 2.45) is 0 Å². The zero-order valence-corrected chi connectivity index (χ0v) is 18.9. The molecule has 182 valence electrons. The molecule has 3 heterocycles. The molecule has 1 N–H and O–H groups in total. The number of imidazole rings is 1. The monoisotopic (exact) mass is 486 g/mol. The van der Waals surface area contributed by atoms with Crippen LogP contribution < -0.4 is 16.0 Å². The van der Waals surface area contributed by atoms with Crippen molar-refractivity contribution in [2.75, 3.05) is 0 Å². The van der Waals surface area contributed by atoms with Gasteiger partial charge in [-0.15, -0.1) is 13.2 Å². The SMILES string of the molecule is CCCn1c(=O)c2[nH]c(-c3cnn(CC#Cc4ccc(OC(F)(F)F)cc4)c3)nc2n(CC)c1=O. The average Bonchev–Trinajstić information content (AvgIpc) is 3.45. The predicted molar refractivity (Wildman–Crippen MR) is 122 cm³/mol. The van der Waals surface area contributed by atoms with Crippen LogP contribution in [0.2, 0.25) is 0 Å². The van der Waals surface area contributed by atoms with E-state index >= 15 is 0 Å². The topological polar surface area (TPSA) is 99.7 Å². The van der Waals surface area contributed by atoms with Crippen LogP contribution in [0.4, 0.5) is 13.2 Å². The van der Waals surface area contributed by atoms with Crippen LogP contribution in [-0.2, 0) is 19.6 Å². The summed E-state index contributed by atoms with van der Waals surface area (Å²) >= 11 is 0. The van der Waals surface area contributed by atoms with Gasteiger partial charge in [0, 0.05) is 24.8 Å². The van der Waals surface area contributed by atoms with E-state index in [4.69, 9.17) is 0 Å². The minimum atomic E-state index is -4.75. The second-order valence-corrected chi connectivity index (χ2v) is 7.57. The minimum absolute atomic E-state index is 0.212. The number of hydrogen-bond donors (Lipinski definition) is 1. The van der Waals surface area contributed by atoms with Gasteiger partial charge in [-0.25, -0.2) is 9.78 Å². The van der Waals surface area contributed by atoms with Crippen LogP contribution in [0.1, 0.15) is 25.8 Å². The van der Waals surface area contributed by atoms with Gasteiger partial charge in [0.1, 0.15) is 23.6 Å². The Hall–Kier alpha value is -4.27. The predicted octanol–water partition coefficient (Wildman–Crippen LogP) is 3.13. The summed E-state index contributed by atoms with van der Waals surface area (Å²) in [6, 6.07) is 5.23. The van der Waals surface area contributed by atoms with Gasteiger partial charge in [-0.2, -0.15) is 5.10 Å². The number of nitrogens with one attached hydrogen (secondary N) is 1. The quantitative estimate of drug-likeness (QED) is 0.422. The standard InChI is InChI=1S/C23H21F3N6O3/c1-3-11-32-21(33)18-20(31(4-2)22(32)34)29-19(28-18)16-13-27-30(14-16)12-5-6-15-7-9-17(10-8-15)35-23(24,25)26/h7-10,13-14H,3-4,11-12H2,1-2H3,(H,28,29). The molecule has 0 fully saturated rings. The number of ether oxygens (including phenoxy) is 1. The Bertz CT molecular complexity index is 1530. The first-order chi connectivity index (χ1) is 16.7. The van der Waals surface area contributed by atoms with Gasteiger partial charge in [0.15, 0.2) is 5.65 Å². The van der Waals surface area contributed by atoms with E-state index in [9.17, 15) is 22.8 Å². The Labute approximate surface area is 196 Å². The summed E-state index contributed by atoms with van der Waals surface area (Å²) in [6.07, 6.45) is -0.858. The molecule has 0 aliphatic heterocycles. The molecule has 1 aromatic carbocycles. The van der Waals surface area contributed by atoms with Crippen molar-refractivity contribution in [3.8, 4) is 29.0 Å². The molecule has 0 aliphatic rings. The highest BCUT2D eigenvalue weighted by molar-refractivity contribution is 5.75. The number of nitrogens with zero attached hydrogens (tertiary/aromatic N) is 5. The van der Waals surface area contributed by atoms with Crippen molar-refractivity contribution in [1.82, 2.24) is 28.9 Å². The second-order valence-electron chi connectivity index (χ2n) is 7.57. The number of aromatic nitrogens is 6. The molecule has 4 rings (SSSR count). The maximum absolute atomic E-state index is 12.8. The van der Waals surface area contributed by atoms with E-state index in [-0.39, 0.29) is 23.5 Å². The van der Waals surface area contributed by atoms with Gasteiger partial charge in [0.25, 0.3) is 5.56 Å². The maximum atomic E-state index is 12.8. The smallest absolute Gasteiger partial charge is 0.406 e. The summed E-state index contributed by atoms with van der Waals surface area (Å²) in [7, 11) is 0. The van der Waals surface area contributed by atoms with E-state index in [2.05, 4.69) is 31.6 Å². The highest BCUT2D eigenvalue weighted by Gasteiger charge is 2.30. The number of benzene rings is 1. The molecule has 12 heteroatoms. The molecule has 0 amide bonds. The molecular weight excluding hydrogens is 465 g/mol. The summed E-state index contributed by atoms with van der Waals surface area (Å²) < 4.78 is 44.8. The average molecular weight is 486 g/mol. The Morgan fingerprint density at radius 3 is 2.51 bits per heavy atom. The Morgan fingerprint density at radius 2 is 1.86 bits per heavy atom. The first kappa shape index (κ1) is 23.9. The van der Waals surface area contributed by atoms with E-state index in [0.717, 1.165) is 0 Å². The number of aromatic amines is 1. The van der Waals surface area contributed by atoms with E-state index in [1.165, 1.54) is 33.4 Å². The lowest BCUT2D eigenvalue weighted by Gasteiger charge is -2.07. The third-order valence-electron chi connectivity index (χ3n) is 5.09. The van der Waals surface area contributed by atoms with E-state index < -0.39 is 17.6 Å². The fraction of sp³-hybridized carbons (Fsp3) is 0.304. The lowest BCUT2D eigenvalue weighted by molar-refractivity contribution is -0.274. The van der Waals surface area contributed by atoms with Crippen molar-refractivity contribution in [3.63, 3.8) is 0 Å². The van der Waals surface area contributed by atoms with E-state index in [1.807, 2.05) is 13.8 Å². The zero-order valence-electron chi connectivity index (χ0n) is 18.9. The van der Waals surface area contributed by atoms with Crippen LogP contribution in [0.15, 0.2) is 46.2 Å². The lowest BCUT2D eigenvalue weighted by Crippen LogP contribution is -2.39. The first-order valence-electron chi connectivity index (χ1n) is 10.8. The Kier molecular flexibility index (Phi) is 6.50. The molecule has 0 spiro atoms. The third kappa shape index (κ3) is 5.13. The molecule has 9 nitrogen and oxygen atoms in total. The highest BCUT2D eigenvalue weighted by atomic mass is 19.4. The number of hydrogen-bond acceptors (Lipinski definition) is 5. The van der Waals surface area contributed by atoms with Crippen molar-refractivity contribution in [2.45, 2.75) is 46.3 Å². The summed E-state index contributed by atoms with van der Waals surface area (Å²) in [5.41, 5.74) is 0.850. The molecular formula is C23H21F3N6O3. The summed E-state index contributed by atoms with van der Waals surface area (Å²) in [6.45, 7) is 4.59. The van der Waals surface area contributed by atoms with Crippen molar-refractivity contribution >= 4 is 11.2 Å². The normalized spacial score (nSPS) is 11.5. The van der Waals surface area contributed by atoms with Gasteiger partial charge >= 0.3 is 12.1 Å². The molecule has 4 aromatic rings. The Morgan fingerprint density at radius 1 is 1.11 bits per heavy atom. The number of aryl methyl sites for hydroxylation is 1. The third-order valence-corrected chi connectivity index (χ3v) is 5.09. The summed E-state index contributed by atoms with van der Waals surface area (Å²) in [4.78, 5) is 32.9. The van der Waals surface area contributed by atoms with Gasteiger partial charge in [-0.3, -0.25) is 18.6 Å². The molecule has 35 heavy (non-hydrogen) atoms. The van der Waals surface area contributed by atoms with E-state index in [1.54, 1.807) is 17.1 Å². The number of H-pyrrole nitrogens is 1.